The van der Waals surface area contributed by atoms with Gasteiger partial charge in [-0.2, -0.15) is 0 Å². The zero-order valence-corrected chi connectivity index (χ0v) is 15.5. The summed E-state index contributed by atoms with van der Waals surface area (Å²) in [7, 11) is 0. The van der Waals surface area contributed by atoms with Crippen LogP contribution in [0.4, 0.5) is 14.9 Å². The van der Waals surface area contributed by atoms with E-state index in [1.807, 2.05) is 0 Å². The molecular weight excluding hydrogens is 403 g/mol. The van der Waals surface area contributed by atoms with Gasteiger partial charge in [-0.1, -0.05) is 12.1 Å². The molecule has 0 fully saturated rings. The first-order chi connectivity index (χ1) is 14.1. The van der Waals surface area contributed by atoms with Gasteiger partial charge in [0.25, 0.3) is 0 Å². The third kappa shape index (κ3) is 6.25. The minimum atomic E-state index is -1.48. The quantitative estimate of drug-likeness (QED) is 0.286. The smallest absolute Gasteiger partial charge is 0.319 e. The van der Waals surface area contributed by atoms with Gasteiger partial charge in [0.1, 0.15) is 18.0 Å². The van der Waals surface area contributed by atoms with E-state index >= 15 is 0 Å². The summed E-state index contributed by atoms with van der Waals surface area (Å²) in [5, 5.41) is 35.7. The summed E-state index contributed by atoms with van der Waals surface area (Å²) in [5.74, 6) is -3.89. The molecule has 2 rings (SSSR count). The molecule has 1 aliphatic rings. The first kappa shape index (κ1) is 22.8. The van der Waals surface area contributed by atoms with Gasteiger partial charge in [0.2, 0.25) is 11.8 Å². The highest BCUT2D eigenvalue weighted by molar-refractivity contribution is 5.98. The Hall–Kier alpha value is -3.51. The standard InChI is InChI=1S/C18H21FN4O7/c19-9-2-1-3-10(6-9)21-18(30)23-11-4-8(5-13(24)15(11)27)17(29)22-12(16(20)28)7-14(25)26/h1-4,6,11-13,15,24,27H,5,7H2,(H2,20,28)(H,22,29)(H,25,26)(H2,21,23,30)/t11-,12+,13+,15+/m0/s1. The summed E-state index contributed by atoms with van der Waals surface area (Å²) < 4.78 is 13.2. The monoisotopic (exact) mass is 424 g/mol. The van der Waals surface area contributed by atoms with E-state index in [-0.39, 0.29) is 17.7 Å². The summed E-state index contributed by atoms with van der Waals surface area (Å²) in [4.78, 5) is 46.6. The number of halogens is 1. The number of carboxylic acids is 1. The molecule has 4 amide bonds. The average molecular weight is 424 g/mol. The lowest BCUT2D eigenvalue weighted by molar-refractivity contribution is -0.140. The molecule has 0 radical (unpaired) electrons. The van der Waals surface area contributed by atoms with Crippen molar-refractivity contribution in [3.05, 3.63) is 41.7 Å². The Kier molecular flexibility index (Phi) is 7.44. The number of rotatable bonds is 7. The molecule has 0 aromatic heterocycles. The SMILES string of the molecule is NC(=O)[C@@H](CC(=O)O)NC(=O)C1=C[C@H](NC(=O)Nc2cccc(F)c2)[C@@H](O)[C@H](O)C1. The Balaban J connectivity index is 2.10. The van der Waals surface area contributed by atoms with Gasteiger partial charge >= 0.3 is 12.0 Å². The molecule has 0 saturated heterocycles. The first-order valence-corrected chi connectivity index (χ1v) is 8.78. The number of hydrogen-bond acceptors (Lipinski definition) is 6. The lowest BCUT2D eigenvalue weighted by Gasteiger charge is -2.31. The van der Waals surface area contributed by atoms with Crippen LogP contribution in [0.15, 0.2) is 35.9 Å². The maximum Gasteiger partial charge on any atom is 0.319 e. The van der Waals surface area contributed by atoms with Crippen molar-refractivity contribution in [2.45, 2.75) is 37.1 Å². The summed E-state index contributed by atoms with van der Waals surface area (Å²) in [5.41, 5.74) is 5.11. The van der Waals surface area contributed by atoms with E-state index in [1.54, 1.807) is 0 Å². The molecule has 1 aromatic carbocycles. The number of urea groups is 1. The number of carbonyl (C=O) groups excluding carboxylic acids is 3. The van der Waals surface area contributed by atoms with E-state index in [2.05, 4.69) is 16.0 Å². The number of nitrogens with two attached hydrogens (primary N) is 1. The van der Waals surface area contributed by atoms with Crippen LogP contribution in [0.25, 0.3) is 0 Å². The Morgan fingerprint density at radius 1 is 1.23 bits per heavy atom. The predicted molar refractivity (Wildman–Crippen MR) is 100 cm³/mol. The van der Waals surface area contributed by atoms with Crippen LogP contribution in [0, 0.1) is 5.82 Å². The third-order valence-corrected chi connectivity index (χ3v) is 4.27. The topological polar surface area (TPSA) is 191 Å². The highest BCUT2D eigenvalue weighted by Crippen LogP contribution is 2.20. The molecule has 0 heterocycles. The maximum absolute atomic E-state index is 13.2. The number of nitrogens with one attached hydrogen (secondary N) is 3. The lowest BCUT2D eigenvalue weighted by Crippen LogP contribution is -2.53. The van der Waals surface area contributed by atoms with Gasteiger partial charge in [-0.3, -0.25) is 14.4 Å². The number of primary amides is 1. The van der Waals surface area contributed by atoms with Gasteiger partial charge in [0.05, 0.1) is 18.6 Å². The van der Waals surface area contributed by atoms with E-state index in [1.165, 1.54) is 18.2 Å². The summed E-state index contributed by atoms with van der Waals surface area (Å²) in [6.45, 7) is 0. The number of aliphatic carboxylic acids is 1. The van der Waals surface area contributed by atoms with E-state index in [0.29, 0.717) is 0 Å². The van der Waals surface area contributed by atoms with E-state index < -0.39 is 60.3 Å². The molecule has 4 atom stereocenters. The number of anilines is 1. The Labute approximate surface area is 169 Å². The van der Waals surface area contributed by atoms with Crippen molar-refractivity contribution in [2.24, 2.45) is 5.73 Å². The lowest BCUT2D eigenvalue weighted by atomic mass is 9.90. The second-order valence-corrected chi connectivity index (χ2v) is 6.61. The van der Waals surface area contributed by atoms with Crippen molar-refractivity contribution in [3.63, 3.8) is 0 Å². The van der Waals surface area contributed by atoms with Crippen LogP contribution in [0.2, 0.25) is 0 Å². The molecule has 1 aliphatic carbocycles. The molecule has 1 aromatic rings. The molecule has 8 N–H and O–H groups in total. The van der Waals surface area contributed by atoms with Gasteiger partial charge in [0, 0.05) is 17.7 Å². The van der Waals surface area contributed by atoms with Gasteiger partial charge in [-0.05, 0) is 18.2 Å². The third-order valence-electron chi connectivity index (χ3n) is 4.27. The van der Waals surface area contributed by atoms with Crippen LogP contribution in [-0.4, -0.2) is 63.4 Å². The molecule has 0 bridgehead atoms. The van der Waals surface area contributed by atoms with Crippen LogP contribution in [-0.2, 0) is 14.4 Å². The van der Waals surface area contributed by atoms with E-state index in [9.17, 15) is 33.8 Å². The van der Waals surface area contributed by atoms with Gasteiger partial charge in [-0.15, -0.1) is 0 Å². The Morgan fingerprint density at radius 2 is 1.93 bits per heavy atom. The summed E-state index contributed by atoms with van der Waals surface area (Å²) in [6, 6.07) is 1.52. The zero-order valence-electron chi connectivity index (χ0n) is 15.5. The number of aliphatic hydroxyl groups is 2. The Bertz CT molecular complexity index is 876. The fourth-order valence-corrected chi connectivity index (χ4v) is 2.80. The number of hydrogen-bond donors (Lipinski definition) is 7. The molecule has 0 unspecified atom stereocenters. The van der Waals surface area contributed by atoms with Crippen LogP contribution < -0.4 is 21.7 Å². The van der Waals surface area contributed by atoms with E-state index in [0.717, 1.165) is 12.1 Å². The second-order valence-electron chi connectivity index (χ2n) is 6.61. The molecule has 0 spiro atoms. The average Bonchev–Trinajstić information content (AvgIpc) is 2.64. The minimum absolute atomic E-state index is 0.0968. The molecule has 0 aliphatic heterocycles. The molecule has 30 heavy (non-hydrogen) atoms. The van der Waals surface area contributed by atoms with Crippen molar-refractivity contribution in [3.8, 4) is 0 Å². The number of aliphatic hydroxyl groups excluding tert-OH is 2. The summed E-state index contributed by atoms with van der Waals surface area (Å²) >= 11 is 0. The zero-order chi connectivity index (χ0) is 22.4. The van der Waals surface area contributed by atoms with Gasteiger partial charge in [-0.25, -0.2) is 9.18 Å². The number of benzene rings is 1. The predicted octanol–water partition coefficient (Wildman–Crippen LogP) is -1.19. The highest BCUT2D eigenvalue weighted by Gasteiger charge is 2.34. The molecule has 12 heteroatoms. The van der Waals surface area contributed by atoms with Crippen LogP contribution >= 0.6 is 0 Å². The number of carbonyl (C=O) groups is 4. The van der Waals surface area contributed by atoms with Crippen LogP contribution in [0.5, 0.6) is 0 Å². The van der Waals surface area contributed by atoms with Crippen molar-refractivity contribution in [1.29, 1.82) is 0 Å². The number of carboxylic acid groups (broad SMARTS) is 1. The van der Waals surface area contributed by atoms with Crippen LogP contribution in [0.3, 0.4) is 0 Å². The Morgan fingerprint density at radius 3 is 2.53 bits per heavy atom. The first-order valence-electron chi connectivity index (χ1n) is 8.78. The number of amides is 4. The molecule has 11 nitrogen and oxygen atoms in total. The van der Waals surface area contributed by atoms with Crippen molar-refractivity contribution >= 4 is 29.5 Å². The fourth-order valence-electron chi connectivity index (χ4n) is 2.80. The van der Waals surface area contributed by atoms with Crippen molar-refractivity contribution in [1.82, 2.24) is 10.6 Å². The fraction of sp³-hybridized carbons (Fsp3) is 0.333. The van der Waals surface area contributed by atoms with Gasteiger partial charge in [0.15, 0.2) is 0 Å². The minimum Gasteiger partial charge on any atom is -0.481 e. The molecular formula is C18H21FN4O7. The largest absolute Gasteiger partial charge is 0.481 e. The highest BCUT2D eigenvalue weighted by atomic mass is 19.1. The van der Waals surface area contributed by atoms with Crippen molar-refractivity contribution in [2.75, 3.05) is 5.32 Å². The van der Waals surface area contributed by atoms with Crippen molar-refractivity contribution < 1.29 is 38.9 Å². The maximum atomic E-state index is 13.2. The molecule has 0 saturated carbocycles. The van der Waals surface area contributed by atoms with Crippen LogP contribution in [0.1, 0.15) is 12.8 Å². The van der Waals surface area contributed by atoms with Gasteiger partial charge < -0.3 is 37.0 Å². The molecule has 162 valence electrons. The summed E-state index contributed by atoms with van der Waals surface area (Å²) in [6.07, 6.45) is -2.77. The second kappa shape index (κ2) is 9.80. The normalized spacial score (nSPS) is 21.7. The van der Waals surface area contributed by atoms with E-state index in [4.69, 9.17) is 10.8 Å².